The van der Waals surface area contributed by atoms with Crippen LogP contribution in [0, 0.1) is 0 Å². The van der Waals surface area contributed by atoms with E-state index >= 15 is 0 Å². The molecule has 0 N–H and O–H groups in total. The Balaban J connectivity index is 2.02. The van der Waals surface area contributed by atoms with Crippen LogP contribution in [0.2, 0.25) is 0 Å². The quantitative estimate of drug-likeness (QED) is 0.755. The lowest BCUT2D eigenvalue weighted by Crippen LogP contribution is -2.33. The second-order valence-corrected chi connectivity index (χ2v) is 4.80. The topological polar surface area (TPSA) is 33.2 Å². The fraction of sp³-hybridized carbons (Fsp3) is 0.500. The normalized spacial score (nSPS) is 16.8. The number of aromatic nitrogens is 1. The molecule has 1 saturated heterocycles. The third-order valence-electron chi connectivity index (χ3n) is 2.44. The summed E-state index contributed by atoms with van der Waals surface area (Å²) >= 11 is 1.66. The smallest absolute Gasteiger partial charge is 0.185 e. The summed E-state index contributed by atoms with van der Waals surface area (Å²) in [6.07, 6.45) is 2.18. The molecule has 0 aromatic carbocycles. The van der Waals surface area contributed by atoms with Gasteiger partial charge in [-0.2, -0.15) is 0 Å². The van der Waals surface area contributed by atoms with Gasteiger partial charge < -0.3 is 4.90 Å². The van der Waals surface area contributed by atoms with E-state index in [1.54, 1.807) is 11.3 Å². The fourth-order valence-corrected chi connectivity index (χ4v) is 2.69. The number of Topliss-reactive ketones (excluding diaryl/α,β-unsaturated/α-hetero) is 1. The van der Waals surface area contributed by atoms with E-state index in [0.29, 0.717) is 18.6 Å². The summed E-state index contributed by atoms with van der Waals surface area (Å²) in [4.78, 5) is 17.8. The molecule has 1 aromatic rings. The van der Waals surface area contributed by atoms with Gasteiger partial charge in [0.05, 0.1) is 5.69 Å². The van der Waals surface area contributed by atoms with Crippen molar-refractivity contribution in [2.24, 2.45) is 0 Å². The minimum Gasteiger partial charge on any atom is -0.347 e. The Bertz CT molecular complexity index is 367. The third-order valence-corrected chi connectivity index (χ3v) is 3.60. The molecule has 0 radical (unpaired) electrons. The minimum atomic E-state index is 0.372. The monoisotopic (exact) mass is 240 g/mol. The van der Waals surface area contributed by atoms with Gasteiger partial charge in [0.25, 0.3) is 0 Å². The predicted octanol–water partition coefficient (Wildman–Crippen LogP) is 1.80. The number of piperidine rings is 1. The Hall–Kier alpha value is -0.730. The van der Waals surface area contributed by atoms with Gasteiger partial charge in [-0.1, -0.05) is 5.80 Å². The molecular weight excluding hydrogens is 227 g/mol. The van der Waals surface area contributed by atoms with Crippen LogP contribution in [0.3, 0.4) is 0 Å². The van der Waals surface area contributed by atoms with E-state index in [-0.39, 0.29) is 0 Å². The van der Waals surface area contributed by atoms with Gasteiger partial charge in [0.1, 0.15) is 5.78 Å². The van der Waals surface area contributed by atoms with Crippen LogP contribution in [0.5, 0.6) is 0 Å². The molecule has 1 aliphatic heterocycles. The minimum absolute atomic E-state index is 0.372. The first-order valence-electron chi connectivity index (χ1n) is 4.99. The summed E-state index contributed by atoms with van der Waals surface area (Å²) in [6, 6.07) is 0. The van der Waals surface area contributed by atoms with Crippen molar-refractivity contribution in [1.82, 2.24) is 4.98 Å². The standard InChI is InChI=1S/C10H13N2OPS/c13-9-1-4-12(5-2-9)10-11-8(3-6-14)7-15-10/h6-7,14H,1-5H2. The van der Waals surface area contributed by atoms with Crippen LogP contribution < -0.4 is 4.90 Å². The van der Waals surface area contributed by atoms with Gasteiger partial charge in [-0.05, 0) is 0 Å². The van der Waals surface area contributed by atoms with Crippen molar-refractivity contribution in [3.8, 4) is 0 Å². The molecule has 0 saturated carbocycles. The van der Waals surface area contributed by atoms with E-state index in [2.05, 4.69) is 24.1 Å². The highest BCUT2D eigenvalue weighted by Crippen LogP contribution is 2.23. The summed E-state index contributed by atoms with van der Waals surface area (Å²) in [5, 5.41) is 3.12. The second-order valence-electron chi connectivity index (χ2n) is 3.56. The lowest BCUT2D eigenvalue weighted by atomic mass is 10.1. The third kappa shape index (κ3) is 2.64. The second kappa shape index (κ2) is 4.86. The summed E-state index contributed by atoms with van der Waals surface area (Å²) < 4.78 is 0. The molecule has 3 nitrogen and oxygen atoms in total. The molecule has 0 amide bonds. The van der Waals surface area contributed by atoms with Gasteiger partial charge in [-0.3, -0.25) is 4.79 Å². The number of anilines is 1. The lowest BCUT2D eigenvalue weighted by molar-refractivity contribution is -0.119. The number of carbonyl (C=O) groups excluding carboxylic acids is 1. The fourth-order valence-electron chi connectivity index (χ4n) is 1.59. The van der Waals surface area contributed by atoms with E-state index in [9.17, 15) is 4.79 Å². The lowest BCUT2D eigenvalue weighted by Gasteiger charge is -2.25. The summed E-state index contributed by atoms with van der Waals surface area (Å²) in [5.74, 6) is 2.29. The Morgan fingerprint density at radius 2 is 2.27 bits per heavy atom. The van der Waals surface area contributed by atoms with Gasteiger partial charge >= 0.3 is 0 Å². The van der Waals surface area contributed by atoms with Gasteiger partial charge in [0, 0.05) is 37.7 Å². The van der Waals surface area contributed by atoms with Crippen molar-refractivity contribution >= 4 is 36.9 Å². The van der Waals surface area contributed by atoms with Crippen LogP contribution in [0.4, 0.5) is 5.13 Å². The van der Waals surface area contributed by atoms with Gasteiger partial charge in [0.2, 0.25) is 0 Å². The van der Waals surface area contributed by atoms with Crippen LogP contribution in [0.25, 0.3) is 0 Å². The van der Waals surface area contributed by atoms with Crippen molar-refractivity contribution in [3.05, 3.63) is 11.1 Å². The molecular formula is C10H13N2OPS. The van der Waals surface area contributed by atoms with Crippen molar-refractivity contribution < 1.29 is 4.79 Å². The zero-order valence-electron chi connectivity index (χ0n) is 8.40. The zero-order chi connectivity index (χ0) is 10.7. The maximum atomic E-state index is 11.1. The average molecular weight is 240 g/mol. The highest BCUT2D eigenvalue weighted by atomic mass is 32.1. The molecule has 1 aromatic heterocycles. The molecule has 1 aliphatic rings. The number of nitrogens with zero attached hydrogens (tertiary/aromatic N) is 2. The average Bonchev–Trinajstić information content (AvgIpc) is 2.68. The van der Waals surface area contributed by atoms with Crippen LogP contribution in [0.15, 0.2) is 5.38 Å². The van der Waals surface area contributed by atoms with Crippen molar-refractivity contribution in [2.75, 3.05) is 18.0 Å². The molecule has 0 spiro atoms. The summed E-state index contributed by atoms with van der Waals surface area (Å²) in [7, 11) is 3.33. The predicted molar refractivity (Wildman–Crippen MR) is 66.7 cm³/mol. The molecule has 15 heavy (non-hydrogen) atoms. The van der Waals surface area contributed by atoms with E-state index in [1.165, 1.54) is 0 Å². The van der Waals surface area contributed by atoms with Crippen molar-refractivity contribution in [3.63, 3.8) is 0 Å². The molecule has 0 atom stereocenters. The first-order valence-corrected chi connectivity index (χ1v) is 6.45. The highest BCUT2D eigenvalue weighted by molar-refractivity contribution is 7.18. The molecule has 0 bridgehead atoms. The molecule has 0 aliphatic carbocycles. The summed E-state index contributed by atoms with van der Waals surface area (Å²) in [6.45, 7) is 1.65. The maximum absolute atomic E-state index is 11.1. The first kappa shape index (κ1) is 10.8. The van der Waals surface area contributed by atoms with Crippen molar-refractivity contribution in [1.29, 1.82) is 0 Å². The Morgan fingerprint density at radius 1 is 1.53 bits per heavy atom. The van der Waals surface area contributed by atoms with Gasteiger partial charge in [-0.25, -0.2) is 4.98 Å². The van der Waals surface area contributed by atoms with Crippen molar-refractivity contribution in [2.45, 2.75) is 19.3 Å². The van der Waals surface area contributed by atoms with E-state index in [0.717, 1.165) is 30.3 Å². The number of carbonyl (C=O) groups is 1. The van der Waals surface area contributed by atoms with Gasteiger partial charge in [0.15, 0.2) is 5.13 Å². The molecule has 80 valence electrons. The molecule has 2 heterocycles. The summed E-state index contributed by atoms with van der Waals surface area (Å²) in [5.41, 5.74) is 1.09. The number of hydrogen-bond donors (Lipinski definition) is 0. The number of thiazole rings is 1. The Labute approximate surface area is 95.3 Å². The number of hydrogen-bond acceptors (Lipinski definition) is 4. The number of rotatable bonds is 3. The molecule has 1 fully saturated rings. The SMILES string of the molecule is O=C1CCN(c2nc(CC=P)cs2)CC1. The Morgan fingerprint density at radius 3 is 2.93 bits per heavy atom. The zero-order valence-corrected chi connectivity index (χ0v) is 10.2. The van der Waals surface area contributed by atoms with Crippen LogP contribution >= 0.6 is 20.2 Å². The Kier molecular flexibility index (Phi) is 3.49. The van der Waals surface area contributed by atoms with E-state index in [4.69, 9.17) is 0 Å². The first-order chi connectivity index (χ1) is 7.29. The van der Waals surface area contributed by atoms with Crippen LogP contribution in [-0.4, -0.2) is 29.7 Å². The molecule has 2 rings (SSSR count). The molecule has 0 unspecified atom stereocenters. The molecule has 5 heteroatoms. The van der Waals surface area contributed by atoms with Crippen LogP contribution in [0.1, 0.15) is 18.5 Å². The largest absolute Gasteiger partial charge is 0.347 e. The van der Waals surface area contributed by atoms with E-state index < -0.39 is 0 Å². The highest BCUT2D eigenvalue weighted by Gasteiger charge is 2.18. The van der Waals surface area contributed by atoms with Gasteiger partial charge in [-0.15, -0.1) is 20.2 Å². The maximum Gasteiger partial charge on any atom is 0.185 e. The number of ketones is 1. The van der Waals surface area contributed by atoms with Crippen LogP contribution in [-0.2, 0) is 11.2 Å². The van der Waals surface area contributed by atoms with E-state index in [1.807, 2.05) is 5.80 Å².